The minimum atomic E-state index is -0.201. The van der Waals surface area contributed by atoms with E-state index in [4.69, 9.17) is 14.2 Å². The number of benzene rings is 2. The number of nitrogens with zero attached hydrogens (tertiary/aromatic N) is 3. The number of methoxy groups -OCH3 is 3. The number of carbonyl (C=O) groups excluding carboxylic acids is 1. The van der Waals surface area contributed by atoms with Crippen molar-refractivity contribution in [1.82, 2.24) is 15.3 Å². The number of aromatic nitrogens is 2. The van der Waals surface area contributed by atoms with Gasteiger partial charge in [0.15, 0.2) is 11.5 Å². The smallest absolute Gasteiger partial charge is 0.289 e. The highest BCUT2D eigenvalue weighted by Gasteiger charge is 2.24. The predicted octanol–water partition coefficient (Wildman–Crippen LogP) is 4.18. The van der Waals surface area contributed by atoms with Gasteiger partial charge in [-0.2, -0.15) is 0 Å². The van der Waals surface area contributed by atoms with Gasteiger partial charge >= 0.3 is 0 Å². The van der Waals surface area contributed by atoms with Gasteiger partial charge in [0.2, 0.25) is 5.75 Å². The van der Waals surface area contributed by atoms with Crippen molar-refractivity contribution in [2.24, 2.45) is 4.99 Å². The van der Waals surface area contributed by atoms with Gasteiger partial charge in [-0.3, -0.25) is 14.8 Å². The molecular formula is C21H18N4O4S. The Morgan fingerprint density at radius 1 is 0.967 bits per heavy atom. The molecule has 0 spiro atoms. The van der Waals surface area contributed by atoms with Crippen molar-refractivity contribution in [1.29, 1.82) is 0 Å². The fraction of sp³-hybridized carbons (Fsp3) is 0.143. The third-order valence-corrected chi connectivity index (χ3v) is 5.16. The zero-order chi connectivity index (χ0) is 21.1. The third kappa shape index (κ3) is 3.92. The van der Waals surface area contributed by atoms with Gasteiger partial charge < -0.3 is 19.5 Å². The molecule has 1 aromatic heterocycles. The van der Waals surface area contributed by atoms with Crippen LogP contribution in [0.15, 0.2) is 52.6 Å². The maximum atomic E-state index is 12.0. The van der Waals surface area contributed by atoms with Gasteiger partial charge in [-0.25, -0.2) is 4.99 Å². The molecule has 9 heteroatoms. The Balaban J connectivity index is 1.74. The Morgan fingerprint density at radius 2 is 1.67 bits per heavy atom. The van der Waals surface area contributed by atoms with E-state index >= 15 is 0 Å². The molecule has 1 N–H and O–H groups in total. The summed E-state index contributed by atoms with van der Waals surface area (Å²) < 4.78 is 16.1. The fourth-order valence-corrected chi connectivity index (χ4v) is 3.73. The lowest BCUT2D eigenvalue weighted by atomic mass is 10.1. The van der Waals surface area contributed by atoms with Crippen molar-refractivity contribution < 1.29 is 19.0 Å². The number of amides is 1. The molecule has 1 aliphatic heterocycles. The number of carbonyl (C=O) groups is 1. The van der Waals surface area contributed by atoms with Crippen molar-refractivity contribution in [3.8, 4) is 17.2 Å². The van der Waals surface area contributed by atoms with E-state index in [2.05, 4.69) is 20.3 Å². The van der Waals surface area contributed by atoms with E-state index < -0.39 is 0 Å². The predicted molar refractivity (Wildman–Crippen MR) is 117 cm³/mol. The summed E-state index contributed by atoms with van der Waals surface area (Å²) >= 11 is 1.08. The number of hydrogen-bond acceptors (Lipinski definition) is 8. The van der Waals surface area contributed by atoms with Crippen LogP contribution in [0.1, 0.15) is 5.56 Å². The number of ether oxygens (including phenoxy) is 3. The van der Waals surface area contributed by atoms with Crippen LogP contribution in [0.25, 0.3) is 17.1 Å². The first-order chi connectivity index (χ1) is 14.6. The highest BCUT2D eigenvalue weighted by atomic mass is 32.2. The summed E-state index contributed by atoms with van der Waals surface area (Å²) in [6, 6.07) is 9.15. The van der Waals surface area contributed by atoms with Crippen LogP contribution in [0.5, 0.6) is 17.2 Å². The zero-order valence-electron chi connectivity index (χ0n) is 16.5. The van der Waals surface area contributed by atoms with Gasteiger partial charge in [-0.1, -0.05) is 6.07 Å². The molecule has 8 nitrogen and oxygen atoms in total. The second-order valence-electron chi connectivity index (χ2n) is 6.17. The number of amidine groups is 1. The summed E-state index contributed by atoms with van der Waals surface area (Å²) in [5, 5.41) is 2.58. The second kappa shape index (κ2) is 8.42. The van der Waals surface area contributed by atoms with Gasteiger partial charge in [-0.15, -0.1) is 0 Å². The van der Waals surface area contributed by atoms with Crippen molar-refractivity contribution in [2.75, 3.05) is 21.3 Å². The average Bonchev–Trinajstić information content (AvgIpc) is 3.11. The van der Waals surface area contributed by atoms with E-state index in [1.165, 1.54) is 21.3 Å². The highest BCUT2D eigenvalue weighted by Crippen LogP contribution is 2.41. The maximum absolute atomic E-state index is 12.0. The number of hydrogen-bond donors (Lipinski definition) is 1. The molecule has 0 aliphatic carbocycles. The Labute approximate surface area is 177 Å². The molecule has 4 rings (SSSR count). The molecule has 1 amide bonds. The monoisotopic (exact) mass is 422 g/mol. The fourth-order valence-electron chi connectivity index (χ4n) is 3.00. The average molecular weight is 422 g/mol. The maximum Gasteiger partial charge on any atom is 0.289 e. The summed E-state index contributed by atoms with van der Waals surface area (Å²) in [5.41, 5.74) is 3.02. The van der Waals surface area contributed by atoms with Crippen molar-refractivity contribution in [2.45, 2.75) is 0 Å². The summed E-state index contributed by atoms with van der Waals surface area (Å²) in [6.07, 6.45) is 5.18. The van der Waals surface area contributed by atoms with E-state index in [-0.39, 0.29) is 5.24 Å². The first kappa shape index (κ1) is 19.7. The van der Waals surface area contributed by atoms with Crippen LogP contribution in [-0.4, -0.2) is 42.4 Å². The lowest BCUT2D eigenvalue weighted by Crippen LogP contribution is -2.18. The molecule has 0 atom stereocenters. The van der Waals surface area contributed by atoms with Gasteiger partial charge in [0, 0.05) is 24.5 Å². The van der Waals surface area contributed by atoms with E-state index in [0.29, 0.717) is 33.7 Å². The second-order valence-corrected chi connectivity index (χ2v) is 7.19. The first-order valence-corrected chi connectivity index (χ1v) is 9.73. The Kier molecular flexibility index (Phi) is 5.53. The van der Waals surface area contributed by atoms with Crippen LogP contribution in [-0.2, 0) is 0 Å². The molecule has 0 bridgehead atoms. The summed E-state index contributed by atoms with van der Waals surface area (Å²) in [5.74, 6) is 1.87. The number of thioether (sulfide) groups is 1. The van der Waals surface area contributed by atoms with Crippen LogP contribution >= 0.6 is 11.8 Å². The number of nitrogens with one attached hydrogen (secondary N) is 1. The van der Waals surface area contributed by atoms with Crippen LogP contribution in [0.2, 0.25) is 0 Å². The van der Waals surface area contributed by atoms with E-state index in [0.717, 1.165) is 28.4 Å². The Hall–Kier alpha value is -3.59. The van der Waals surface area contributed by atoms with Gasteiger partial charge in [0.05, 0.1) is 43.0 Å². The van der Waals surface area contributed by atoms with Gasteiger partial charge in [0.25, 0.3) is 5.24 Å². The molecule has 3 aromatic rings. The minimum absolute atomic E-state index is 0.201. The van der Waals surface area contributed by atoms with E-state index in [9.17, 15) is 4.79 Å². The quantitative estimate of drug-likeness (QED) is 0.659. The van der Waals surface area contributed by atoms with Crippen molar-refractivity contribution >= 4 is 45.6 Å². The molecular weight excluding hydrogens is 404 g/mol. The summed E-state index contributed by atoms with van der Waals surface area (Å²) in [7, 11) is 4.61. The van der Waals surface area contributed by atoms with E-state index in [1.807, 2.05) is 24.3 Å². The van der Waals surface area contributed by atoms with Crippen LogP contribution < -0.4 is 19.5 Å². The third-order valence-electron chi connectivity index (χ3n) is 4.34. The zero-order valence-corrected chi connectivity index (χ0v) is 17.3. The Morgan fingerprint density at radius 3 is 2.33 bits per heavy atom. The molecule has 2 heterocycles. The molecule has 30 heavy (non-hydrogen) atoms. The van der Waals surface area contributed by atoms with Crippen LogP contribution in [0.3, 0.4) is 0 Å². The molecule has 0 radical (unpaired) electrons. The van der Waals surface area contributed by atoms with Crippen molar-refractivity contribution in [3.63, 3.8) is 0 Å². The van der Waals surface area contributed by atoms with Gasteiger partial charge in [-0.05, 0) is 35.5 Å². The normalized spacial score (nSPS) is 16.2. The summed E-state index contributed by atoms with van der Waals surface area (Å²) in [6.45, 7) is 0. The molecule has 0 saturated carbocycles. The van der Waals surface area contributed by atoms with Crippen LogP contribution in [0.4, 0.5) is 10.5 Å². The lowest BCUT2D eigenvalue weighted by Gasteiger charge is -2.12. The minimum Gasteiger partial charge on any atom is -0.493 e. The van der Waals surface area contributed by atoms with Crippen LogP contribution in [0, 0.1) is 0 Å². The summed E-state index contributed by atoms with van der Waals surface area (Å²) in [4.78, 5) is 25.9. The molecule has 1 aliphatic rings. The largest absolute Gasteiger partial charge is 0.493 e. The molecule has 2 aromatic carbocycles. The van der Waals surface area contributed by atoms with Gasteiger partial charge in [0.1, 0.15) is 5.84 Å². The SMILES string of the molecule is COc1cc(N=C2NC(=O)SC2=Cc2ccc3nccnc3c2)cc(OC)c1OC. The molecule has 0 unspecified atom stereocenters. The topological polar surface area (TPSA) is 94.9 Å². The first-order valence-electron chi connectivity index (χ1n) is 8.91. The molecule has 1 saturated heterocycles. The number of rotatable bonds is 5. The van der Waals surface area contributed by atoms with E-state index in [1.54, 1.807) is 24.5 Å². The highest BCUT2D eigenvalue weighted by molar-refractivity contribution is 8.18. The standard InChI is InChI=1S/C21H18N4O4S/c1-27-16-10-13(11-17(28-2)19(16)29-3)24-20-18(30-21(26)25-20)9-12-4-5-14-15(8-12)23-7-6-22-14/h4-11H,1-3H3,(H,24,25,26). The Bertz CT molecular complexity index is 1170. The molecule has 152 valence electrons. The number of aliphatic imine (C=N–C) groups is 1. The lowest BCUT2D eigenvalue weighted by molar-refractivity contribution is 0.265. The number of fused-ring (bicyclic) bond motifs is 1. The van der Waals surface area contributed by atoms with Crippen molar-refractivity contribution in [3.05, 3.63) is 53.2 Å². The molecule has 1 fully saturated rings.